The van der Waals surface area contributed by atoms with Crippen LogP contribution in [0, 0.1) is 23.7 Å². The SMILES string of the molecule is CN(C(=O)CCCc1cccs1)C1C2CC3CC(C2)CC1C3. The summed E-state index contributed by atoms with van der Waals surface area (Å²) in [6.07, 6.45) is 9.83. The third kappa shape index (κ3) is 2.73. The zero-order valence-corrected chi connectivity index (χ0v) is 14.4. The number of hydrogen-bond acceptors (Lipinski definition) is 2. The maximum Gasteiger partial charge on any atom is 0.222 e. The summed E-state index contributed by atoms with van der Waals surface area (Å²) in [6, 6.07) is 4.83. The predicted octanol–water partition coefficient (Wildman–Crippen LogP) is 4.35. The van der Waals surface area contributed by atoms with Crippen molar-refractivity contribution in [3.63, 3.8) is 0 Å². The van der Waals surface area contributed by atoms with Crippen molar-refractivity contribution < 1.29 is 4.79 Å². The van der Waals surface area contributed by atoms with E-state index in [0.717, 1.165) is 42.9 Å². The highest BCUT2D eigenvalue weighted by Crippen LogP contribution is 2.55. The standard InChI is InChI=1S/C19H27NOS/c1-20(18(21)6-2-4-17-5-3-7-22-17)19-15-9-13-8-14(11-15)12-16(19)10-13/h3,5,7,13-16,19H,2,4,6,8-12H2,1H3. The molecule has 4 bridgehead atoms. The molecule has 0 radical (unpaired) electrons. The van der Waals surface area contributed by atoms with E-state index in [1.165, 1.54) is 37.0 Å². The molecule has 0 atom stereocenters. The number of aryl methyl sites for hydroxylation is 1. The zero-order valence-electron chi connectivity index (χ0n) is 13.5. The molecule has 4 aliphatic carbocycles. The molecule has 0 spiro atoms. The van der Waals surface area contributed by atoms with Crippen LogP contribution in [0.1, 0.15) is 49.8 Å². The molecule has 1 heterocycles. The Bertz CT molecular complexity index is 496. The maximum atomic E-state index is 12.6. The minimum atomic E-state index is 0.383. The number of thiophene rings is 1. The molecule has 4 fully saturated rings. The molecular weight excluding hydrogens is 290 g/mol. The Kier molecular flexibility index (Phi) is 4.02. The Morgan fingerprint density at radius 3 is 2.45 bits per heavy atom. The van der Waals surface area contributed by atoms with Crippen LogP contribution in [-0.4, -0.2) is 23.9 Å². The average molecular weight is 317 g/mol. The fourth-order valence-corrected chi connectivity index (χ4v) is 6.49. The van der Waals surface area contributed by atoms with Crippen LogP contribution in [0.4, 0.5) is 0 Å². The van der Waals surface area contributed by atoms with E-state index < -0.39 is 0 Å². The lowest BCUT2D eigenvalue weighted by molar-refractivity contribution is -0.141. The number of amides is 1. The number of rotatable bonds is 5. The van der Waals surface area contributed by atoms with E-state index in [1.807, 2.05) is 0 Å². The summed E-state index contributed by atoms with van der Waals surface area (Å²) in [5, 5.41) is 2.12. The molecule has 22 heavy (non-hydrogen) atoms. The fraction of sp³-hybridized carbons (Fsp3) is 0.737. The lowest BCUT2D eigenvalue weighted by atomic mass is 9.54. The van der Waals surface area contributed by atoms with Gasteiger partial charge in [0.2, 0.25) is 5.91 Å². The molecule has 5 rings (SSSR count). The Morgan fingerprint density at radius 2 is 1.86 bits per heavy atom. The second-order valence-electron chi connectivity index (χ2n) is 7.86. The van der Waals surface area contributed by atoms with Gasteiger partial charge in [0.05, 0.1) is 0 Å². The first-order valence-corrected chi connectivity index (χ1v) is 9.86. The lowest BCUT2D eigenvalue weighted by Crippen LogP contribution is -2.56. The second-order valence-corrected chi connectivity index (χ2v) is 8.89. The molecule has 1 amide bonds. The summed E-state index contributed by atoms with van der Waals surface area (Å²) in [6.45, 7) is 0. The number of hydrogen-bond donors (Lipinski definition) is 0. The van der Waals surface area contributed by atoms with Gasteiger partial charge in [0.15, 0.2) is 0 Å². The van der Waals surface area contributed by atoms with E-state index >= 15 is 0 Å². The monoisotopic (exact) mass is 317 g/mol. The van der Waals surface area contributed by atoms with Crippen LogP contribution >= 0.6 is 11.3 Å². The smallest absolute Gasteiger partial charge is 0.222 e. The first kappa shape index (κ1) is 14.7. The van der Waals surface area contributed by atoms with Crippen molar-refractivity contribution in [2.24, 2.45) is 23.7 Å². The van der Waals surface area contributed by atoms with Gasteiger partial charge < -0.3 is 4.90 Å². The zero-order chi connectivity index (χ0) is 15.1. The topological polar surface area (TPSA) is 20.3 Å². The molecule has 1 aromatic rings. The third-order valence-electron chi connectivity index (χ3n) is 6.41. The summed E-state index contributed by atoms with van der Waals surface area (Å²) in [5.41, 5.74) is 0. The lowest BCUT2D eigenvalue weighted by Gasteiger charge is -2.56. The first-order valence-electron chi connectivity index (χ1n) is 8.98. The van der Waals surface area contributed by atoms with Crippen molar-refractivity contribution in [1.29, 1.82) is 0 Å². The van der Waals surface area contributed by atoms with E-state index in [-0.39, 0.29) is 0 Å². The number of carbonyl (C=O) groups is 1. The van der Waals surface area contributed by atoms with Crippen LogP contribution in [0.15, 0.2) is 17.5 Å². The van der Waals surface area contributed by atoms with Crippen molar-refractivity contribution in [1.82, 2.24) is 4.90 Å². The van der Waals surface area contributed by atoms with Gasteiger partial charge in [-0.2, -0.15) is 0 Å². The third-order valence-corrected chi connectivity index (χ3v) is 7.35. The summed E-state index contributed by atoms with van der Waals surface area (Å²) < 4.78 is 0. The highest BCUT2D eigenvalue weighted by Gasteiger charge is 2.50. The van der Waals surface area contributed by atoms with E-state index in [2.05, 4.69) is 29.5 Å². The van der Waals surface area contributed by atoms with E-state index in [0.29, 0.717) is 11.9 Å². The van der Waals surface area contributed by atoms with Gasteiger partial charge in [-0.05, 0) is 80.1 Å². The molecular formula is C19H27NOS. The van der Waals surface area contributed by atoms with Gasteiger partial charge in [-0.3, -0.25) is 4.79 Å². The van der Waals surface area contributed by atoms with Gasteiger partial charge in [0, 0.05) is 24.4 Å². The molecule has 3 heteroatoms. The maximum absolute atomic E-state index is 12.6. The summed E-state index contributed by atoms with van der Waals surface area (Å²) in [4.78, 5) is 16.2. The van der Waals surface area contributed by atoms with Gasteiger partial charge in [0.1, 0.15) is 0 Å². The van der Waals surface area contributed by atoms with Gasteiger partial charge in [-0.1, -0.05) is 6.07 Å². The Morgan fingerprint density at radius 1 is 1.18 bits per heavy atom. The van der Waals surface area contributed by atoms with Gasteiger partial charge >= 0.3 is 0 Å². The number of carbonyl (C=O) groups excluding carboxylic acids is 1. The predicted molar refractivity (Wildman–Crippen MR) is 90.9 cm³/mol. The minimum absolute atomic E-state index is 0.383. The summed E-state index contributed by atoms with van der Waals surface area (Å²) in [7, 11) is 2.08. The van der Waals surface area contributed by atoms with Crippen molar-refractivity contribution in [2.75, 3.05) is 7.05 Å². The van der Waals surface area contributed by atoms with Crippen molar-refractivity contribution in [3.05, 3.63) is 22.4 Å². The van der Waals surface area contributed by atoms with Crippen LogP contribution in [0.5, 0.6) is 0 Å². The summed E-state index contributed by atoms with van der Waals surface area (Å²) in [5.74, 6) is 3.97. The largest absolute Gasteiger partial charge is 0.342 e. The van der Waals surface area contributed by atoms with Crippen molar-refractivity contribution in [3.8, 4) is 0 Å². The molecule has 0 N–H and O–H groups in total. The highest BCUT2D eigenvalue weighted by atomic mass is 32.1. The first-order chi connectivity index (χ1) is 10.7. The minimum Gasteiger partial charge on any atom is -0.342 e. The van der Waals surface area contributed by atoms with Crippen LogP contribution in [0.2, 0.25) is 0 Å². The Hall–Kier alpha value is -0.830. The van der Waals surface area contributed by atoms with E-state index in [9.17, 15) is 4.79 Å². The molecule has 0 unspecified atom stereocenters. The Balaban J connectivity index is 1.33. The summed E-state index contributed by atoms with van der Waals surface area (Å²) >= 11 is 1.80. The van der Waals surface area contributed by atoms with Gasteiger partial charge in [0.25, 0.3) is 0 Å². The van der Waals surface area contributed by atoms with Crippen molar-refractivity contribution in [2.45, 2.75) is 57.4 Å². The quantitative estimate of drug-likeness (QED) is 0.790. The van der Waals surface area contributed by atoms with Crippen LogP contribution < -0.4 is 0 Å². The van der Waals surface area contributed by atoms with Crippen LogP contribution in [-0.2, 0) is 11.2 Å². The van der Waals surface area contributed by atoms with Crippen molar-refractivity contribution >= 4 is 17.2 Å². The van der Waals surface area contributed by atoms with Gasteiger partial charge in [-0.25, -0.2) is 0 Å². The molecule has 0 aromatic carbocycles. The molecule has 4 aliphatic rings. The average Bonchev–Trinajstić information content (AvgIpc) is 2.99. The molecule has 0 saturated heterocycles. The van der Waals surface area contributed by atoms with Crippen LogP contribution in [0.3, 0.4) is 0 Å². The highest BCUT2D eigenvalue weighted by molar-refractivity contribution is 7.09. The normalized spacial score (nSPS) is 35.8. The fourth-order valence-electron chi connectivity index (χ4n) is 5.74. The van der Waals surface area contributed by atoms with Gasteiger partial charge in [-0.15, -0.1) is 11.3 Å². The molecule has 1 aromatic heterocycles. The van der Waals surface area contributed by atoms with E-state index in [1.54, 1.807) is 11.3 Å². The molecule has 4 saturated carbocycles. The van der Waals surface area contributed by atoms with Crippen LogP contribution in [0.25, 0.3) is 0 Å². The van der Waals surface area contributed by atoms with E-state index in [4.69, 9.17) is 0 Å². The number of nitrogens with zero attached hydrogens (tertiary/aromatic N) is 1. The second kappa shape index (κ2) is 5.99. The Labute approximate surface area is 137 Å². The molecule has 0 aliphatic heterocycles. The molecule has 2 nitrogen and oxygen atoms in total. The molecule has 120 valence electrons.